The van der Waals surface area contributed by atoms with Crippen molar-refractivity contribution in [2.75, 3.05) is 13.2 Å². The number of hydrogen-bond acceptors (Lipinski definition) is 7. The lowest BCUT2D eigenvalue weighted by molar-refractivity contribution is -0.144. The van der Waals surface area contributed by atoms with E-state index >= 15 is 0 Å². The topological polar surface area (TPSA) is 197 Å². The minimum atomic E-state index is -1.30. The molecule has 0 saturated carbocycles. The van der Waals surface area contributed by atoms with Crippen molar-refractivity contribution in [3.05, 3.63) is 0 Å². The van der Waals surface area contributed by atoms with Crippen LogP contribution in [0.25, 0.3) is 0 Å². The third kappa shape index (κ3) is 10.9. The van der Waals surface area contributed by atoms with Gasteiger partial charge in [0.25, 0.3) is 0 Å². The van der Waals surface area contributed by atoms with Gasteiger partial charge in [0.15, 0.2) is 0 Å². The Morgan fingerprint density at radius 3 is 1.94 bits per heavy atom. The van der Waals surface area contributed by atoms with Gasteiger partial charge >= 0.3 is 5.97 Å². The number of rotatable bonds is 16. The average molecular weight is 460 g/mol. The molecule has 0 aliphatic carbocycles. The molecule has 3 amide bonds. The van der Waals surface area contributed by atoms with E-state index in [0.717, 1.165) is 0 Å². The van der Waals surface area contributed by atoms with Gasteiger partial charge in [0.2, 0.25) is 17.7 Å². The summed E-state index contributed by atoms with van der Waals surface area (Å²) in [5.74, 6) is -3.45. The number of nitrogens with two attached hydrogens (primary N) is 2. The number of amides is 3. The summed E-state index contributed by atoms with van der Waals surface area (Å²) in [5.41, 5.74) is 11.2. The zero-order chi connectivity index (χ0) is 24.8. The Balaban J connectivity index is 5.21. The van der Waals surface area contributed by atoms with Gasteiger partial charge in [-0.1, -0.05) is 40.5 Å². The van der Waals surface area contributed by atoms with Crippen molar-refractivity contribution in [2.45, 2.75) is 84.0 Å². The second-order valence-corrected chi connectivity index (χ2v) is 8.54. The summed E-state index contributed by atoms with van der Waals surface area (Å²) in [4.78, 5) is 49.2. The van der Waals surface area contributed by atoms with Gasteiger partial charge in [0, 0.05) is 0 Å². The molecule has 5 unspecified atom stereocenters. The number of carboxylic acid groups (broad SMARTS) is 1. The Kier molecular flexibility index (Phi) is 14.5. The first-order valence-electron chi connectivity index (χ1n) is 11.2. The molecule has 9 N–H and O–H groups in total. The van der Waals surface area contributed by atoms with Crippen LogP contribution in [0.2, 0.25) is 0 Å². The predicted octanol–water partition coefficient (Wildman–Crippen LogP) is -0.934. The summed E-state index contributed by atoms with van der Waals surface area (Å²) in [6.45, 7) is 7.02. The summed E-state index contributed by atoms with van der Waals surface area (Å²) in [7, 11) is 0. The Morgan fingerprint density at radius 2 is 1.47 bits per heavy atom. The molecule has 11 nitrogen and oxygen atoms in total. The molecule has 11 heteroatoms. The fraction of sp³-hybridized carbons (Fsp3) is 0.810. The number of nitrogens with one attached hydrogen (secondary N) is 3. The molecule has 0 saturated heterocycles. The number of hydrogen-bond donors (Lipinski definition) is 7. The van der Waals surface area contributed by atoms with Gasteiger partial charge < -0.3 is 37.6 Å². The lowest BCUT2D eigenvalue weighted by atomic mass is 9.97. The van der Waals surface area contributed by atoms with Crippen LogP contribution in [0.5, 0.6) is 0 Å². The molecule has 0 aliphatic heterocycles. The smallest absolute Gasteiger partial charge is 0.326 e. The Hall–Kier alpha value is -2.24. The lowest BCUT2D eigenvalue weighted by Crippen LogP contribution is -2.58. The standard InChI is InChI=1S/C21H41N5O6/c1-5-13(4)17(21(31)32)26-19(29)15(10-12(2)3)24-20(30)16(11-27)25-18(28)14(23)8-6-7-9-22/h12-17,27H,5-11,22-23H2,1-4H3,(H,24,30)(H,25,28)(H,26,29)(H,31,32). The van der Waals surface area contributed by atoms with Crippen molar-refractivity contribution < 1.29 is 29.4 Å². The Morgan fingerprint density at radius 1 is 0.906 bits per heavy atom. The first kappa shape index (κ1) is 29.8. The van der Waals surface area contributed by atoms with Crippen LogP contribution in [-0.2, 0) is 19.2 Å². The minimum Gasteiger partial charge on any atom is -0.480 e. The molecule has 32 heavy (non-hydrogen) atoms. The Bertz CT molecular complexity index is 615. The van der Waals surface area contributed by atoms with E-state index in [4.69, 9.17) is 11.5 Å². The highest BCUT2D eigenvalue weighted by atomic mass is 16.4. The van der Waals surface area contributed by atoms with Gasteiger partial charge in [0.1, 0.15) is 18.1 Å². The lowest BCUT2D eigenvalue weighted by Gasteiger charge is -2.27. The van der Waals surface area contributed by atoms with Crippen LogP contribution in [0.4, 0.5) is 0 Å². The highest BCUT2D eigenvalue weighted by Gasteiger charge is 2.32. The number of aliphatic hydroxyl groups excluding tert-OH is 1. The van der Waals surface area contributed by atoms with Crippen LogP contribution in [0.1, 0.15) is 59.8 Å². The van der Waals surface area contributed by atoms with Crippen molar-refractivity contribution in [1.29, 1.82) is 0 Å². The van der Waals surface area contributed by atoms with Gasteiger partial charge in [-0.3, -0.25) is 14.4 Å². The zero-order valence-electron chi connectivity index (χ0n) is 19.6. The minimum absolute atomic E-state index is 0.0102. The molecule has 0 aromatic rings. The SMILES string of the molecule is CCC(C)C(NC(=O)C(CC(C)C)NC(=O)C(CO)NC(=O)C(N)CCCCN)C(=O)O. The molecule has 0 aliphatic rings. The highest BCUT2D eigenvalue weighted by molar-refractivity contribution is 5.94. The average Bonchev–Trinajstić information content (AvgIpc) is 2.73. The van der Waals surface area contributed by atoms with E-state index < -0.39 is 54.5 Å². The molecular formula is C21H41N5O6. The van der Waals surface area contributed by atoms with Crippen molar-refractivity contribution in [3.63, 3.8) is 0 Å². The number of carboxylic acids is 1. The van der Waals surface area contributed by atoms with Gasteiger partial charge in [-0.25, -0.2) is 4.79 Å². The molecule has 0 fully saturated rings. The van der Waals surface area contributed by atoms with E-state index in [1.165, 1.54) is 0 Å². The van der Waals surface area contributed by atoms with E-state index in [0.29, 0.717) is 32.2 Å². The van der Waals surface area contributed by atoms with Crippen molar-refractivity contribution in [2.24, 2.45) is 23.3 Å². The number of carbonyl (C=O) groups is 4. The van der Waals surface area contributed by atoms with Crippen LogP contribution < -0.4 is 27.4 Å². The number of unbranched alkanes of at least 4 members (excludes halogenated alkanes) is 1. The predicted molar refractivity (Wildman–Crippen MR) is 120 cm³/mol. The second kappa shape index (κ2) is 15.5. The van der Waals surface area contributed by atoms with Crippen LogP contribution >= 0.6 is 0 Å². The van der Waals surface area contributed by atoms with Gasteiger partial charge in [-0.15, -0.1) is 0 Å². The third-order valence-electron chi connectivity index (χ3n) is 5.24. The summed E-state index contributed by atoms with van der Waals surface area (Å²) in [5, 5.41) is 26.4. The monoisotopic (exact) mass is 459 g/mol. The molecule has 0 radical (unpaired) electrons. The number of aliphatic carboxylic acids is 1. The van der Waals surface area contributed by atoms with Crippen LogP contribution in [-0.4, -0.2) is 71.2 Å². The first-order chi connectivity index (χ1) is 15.0. The molecule has 0 aromatic carbocycles. The Labute approximate surface area is 190 Å². The third-order valence-corrected chi connectivity index (χ3v) is 5.24. The van der Waals surface area contributed by atoms with Gasteiger partial charge in [-0.2, -0.15) is 0 Å². The summed E-state index contributed by atoms with van der Waals surface area (Å²) in [6, 6.07) is -4.28. The van der Waals surface area contributed by atoms with E-state index in [9.17, 15) is 29.4 Å². The van der Waals surface area contributed by atoms with Crippen LogP contribution in [0.3, 0.4) is 0 Å². The van der Waals surface area contributed by atoms with E-state index in [1.807, 2.05) is 20.8 Å². The zero-order valence-corrected chi connectivity index (χ0v) is 19.6. The maximum atomic E-state index is 12.8. The maximum absolute atomic E-state index is 12.8. The molecule has 0 bridgehead atoms. The molecule has 186 valence electrons. The highest BCUT2D eigenvalue weighted by Crippen LogP contribution is 2.11. The van der Waals surface area contributed by atoms with Crippen molar-refractivity contribution in [1.82, 2.24) is 16.0 Å². The largest absolute Gasteiger partial charge is 0.480 e. The summed E-state index contributed by atoms with van der Waals surface area (Å²) < 4.78 is 0. The molecule has 0 rings (SSSR count). The van der Waals surface area contributed by atoms with Crippen LogP contribution in [0.15, 0.2) is 0 Å². The fourth-order valence-electron chi connectivity index (χ4n) is 3.02. The first-order valence-corrected chi connectivity index (χ1v) is 11.2. The number of aliphatic hydroxyl groups is 1. The summed E-state index contributed by atoms with van der Waals surface area (Å²) in [6.07, 6.45) is 2.54. The van der Waals surface area contributed by atoms with E-state index in [1.54, 1.807) is 6.92 Å². The van der Waals surface area contributed by atoms with E-state index in [-0.39, 0.29) is 18.3 Å². The molecule has 0 heterocycles. The quantitative estimate of drug-likeness (QED) is 0.144. The van der Waals surface area contributed by atoms with Crippen LogP contribution in [0, 0.1) is 11.8 Å². The van der Waals surface area contributed by atoms with Crippen molar-refractivity contribution in [3.8, 4) is 0 Å². The molecule has 0 aromatic heterocycles. The van der Waals surface area contributed by atoms with E-state index in [2.05, 4.69) is 16.0 Å². The second-order valence-electron chi connectivity index (χ2n) is 8.54. The van der Waals surface area contributed by atoms with Gasteiger partial charge in [-0.05, 0) is 37.6 Å². The van der Waals surface area contributed by atoms with Crippen molar-refractivity contribution >= 4 is 23.7 Å². The fourth-order valence-corrected chi connectivity index (χ4v) is 3.02. The number of carbonyl (C=O) groups excluding carboxylic acids is 3. The normalized spacial score (nSPS) is 15.9. The van der Waals surface area contributed by atoms with Gasteiger partial charge in [0.05, 0.1) is 12.6 Å². The molecular weight excluding hydrogens is 418 g/mol. The molecule has 5 atom stereocenters. The molecule has 0 spiro atoms. The maximum Gasteiger partial charge on any atom is 0.326 e. The summed E-state index contributed by atoms with van der Waals surface area (Å²) >= 11 is 0.